The van der Waals surface area contributed by atoms with Crippen molar-refractivity contribution in [2.75, 3.05) is 39.5 Å². The average molecular weight is 265 g/mol. The molecule has 1 heterocycles. The Balaban J connectivity index is 1.79. The minimum Gasteiger partial charge on any atom is -0.492 e. The molecule has 1 aliphatic rings. The molecule has 1 aromatic rings. The molecule has 1 N–H and O–H groups in total. The molecule has 0 aromatic heterocycles. The molecule has 1 aliphatic heterocycles. The molecular weight excluding hydrogens is 242 g/mol. The maximum absolute atomic E-state index is 9.65. The number of aliphatic hydroxyl groups is 1. The number of ether oxygens (including phenoxy) is 2. The highest BCUT2D eigenvalue weighted by Gasteiger charge is 2.16. The minimum atomic E-state index is -0.384. The van der Waals surface area contributed by atoms with Crippen LogP contribution in [-0.2, 0) is 11.2 Å². The lowest BCUT2D eigenvalue weighted by molar-refractivity contribution is 0.0560. The molecule has 0 amide bonds. The number of β-amino-alcohol motifs (C(OH)–C–C–N with tert-alkyl or cyclic N) is 1. The van der Waals surface area contributed by atoms with Gasteiger partial charge in [0, 0.05) is 19.6 Å². The van der Waals surface area contributed by atoms with E-state index in [2.05, 4.69) is 17.9 Å². The summed E-state index contributed by atoms with van der Waals surface area (Å²) in [7, 11) is 0. The van der Waals surface area contributed by atoms with Gasteiger partial charge >= 0.3 is 0 Å². The molecule has 4 heteroatoms. The molecule has 106 valence electrons. The monoisotopic (exact) mass is 265 g/mol. The van der Waals surface area contributed by atoms with Crippen LogP contribution >= 0.6 is 0 Å². The standard InChI is InChI=1S/C15H23NO3/c1-2-13-5-3-4-6-15(13)19-10-8-16-7-9-18-12-14(17)11-16/h3-6,14,17H,2,7-12H2,1H3. The summed E-state index contributed by atoms with van der Waals surface area (Å²) in [6.45, 7) is 6.24. The average Bonchev–Trinajstić information content (AvgIpc) is 2.64. The fraction of sp³-hybridized carbons (Fsp3) is 0.600. The normalized spacial score (nSPS) is 21.1. The second-order valence-corrected chi connectivity index (χ2v) is 4.84. The van der Waals surface area contributed by atoms with Gasteiger partial charge in [-0.15, -0.1) is 0 Å². The van der Waals surface area contributed by atoms with Crippen LogP contribution in [0.15, 0.2) is 24.3 Å². The Labute approximate surface area is 114 Å². The van der Waals surface area contributed by atoms with Gasteiger partial charge in [-0.1, -0.05) is 25.1 Å². The highest BCUT2D eigenvalue weighted by atomic mass is 16.5. The SMILES string of the molecule is CCc1ccccc1OCCN1CCOCC(O)C1. The lowest BCUT2D eigenvalue weighted by Crippen LogP contribution is -2.35. The fourth-order valence-corrected chi connectivity index (χ4v) is 2.28. The Morgan fingerprint density at radius 1 is 1.42 bits per heavy atom. The zero-order valence-electron chi connectivity index (χ0n) is 11.5. The first-order valence-electron chi connectivity index (χ1n) is 6.98. The molecule has 4 nitrogen and oxygen atoms in total. The Morgan fingerprint density at radius 2 is 2.26 bits per heavy atom. The van der Waals surface area contributed by atoms with Crippen molar-refractivity contribution in [1.29, 1.82) is 0 Å². The number of aryl methyl sites for hydroxylation is 1. The fourth-order valence-electron chi connectivity index (χ4n) is 2.28. The summed E-state index contributed by atoms with van der Waals surface area (Å²) in [6, 6.07) is 8.14. The van der Waals surface area contributed by atoms with Crippen molar-refractivity contribution in [1.82, 2.24) is 4.90 Å². The topological polar surface area (TPSA) is 41.9 Å². The molecule has 1 saturated heterocycles. The van der Waals surface area contributed by atoms with Crippen LogP contribution in [0.25, 0.3) is 0 Å². The van der Waals surface area contributed by atoms with Gasteiger partial charge in [0.1, 0.15) is 12.4 Å². The van der Waals surface area contributed by atoms with E-state index in [0.29, 0.717) is 26.4 Å². The van der Waals surface area contributed by atoms with Crippen molar-refractivity contribution in [3.63, 3.8) is 0 Å². The lowest BCUT2D eigenvalue weighted by atomic mass is 10.1. The van der Waals surface area contributed by atoms with Crippen molar-refractivity contribution in [2.45, 2.75) is 19.4 Å². The van der Waals surface area contributed by atoms with E-state index in [0.717, 1.165) is 25.3 Å². The van der Waals surface area contributed by atoms with Crippen molar-refractivity contribution < 1.29 is 14.6 Å². The highest BCUT2D eigenvalue weighted by Crippen LogP contribution is 2.18. The van der Waals surface area contributed by atoms with E-state index in [4.69, 9.17) is 9.47 Å². The van der Waals surface area contributed by atoms with E-state index < -0.39 is 0 Å². The van der Waals surface area contributed by atoms with Gasteiger partial charge in [-0.3, -0.25) is 4.90 Å². The van der Waals surface area contributed by atoms with Gasteiger partial charge in [0.05, 0.1) is 19.3 Å². The molecule has 0 radical (unpaired) electrons. The van der Waals surface area contributed by atoms with E-state index in [1.165, 1.54) is 5.56 Å². The summed E-state index contributed by atoms with van der Waals surface area (Å²) in [5.41, 5.74) is 1.24. The van der Waals surface area contributed by atoms with Gasteiger partial charge in [0.2, 0.25) is 0 Å². The Morgan fingerprint density at radius 3 is 3.11 bits per heavy atom. The zero-order valence-corrected chi connectivity index (χ0v) is 11.5. The predicted molar refractivity (Wildman–Crippen MR) is 74.6 cm³/mol. The summed E-state index contributed by atoms with van der Waals surface area (Å²) in [6.07, 6.45) is 0.595. The summed E-state index contributed by atoms with van der Waals surface area (Å²) in [5, 5.41) is 9.65. The number of hydrogen-bond donors (Lipinski definition) is 1. The molecule has 0 saturated carbocycles. The van der Waals surface area contributed by atoms with E-state index in [1.54, 1.807) is 0 Å². The van der Waals surface area contributed by atoms with Gasteiger partial charge in [0.25, 0.3) is 0 Å². The number of aliphatic hydroxyl groups excluding tert-OH is 1. The third-order valence-electron chi connectivity index (χ3n) is 3.35. The first-order chi connectivity index (χ1) is 9.29. The van der Waals surface area contributed by atoms with Gasteiger partial charge in [-0.2, -0.15) is 0 Å². The van der Waals surface area contributed by atoms with Crippen LogP contribution in [0.2, 0.25) is 0 Å². The van der Waals surface area contributed by atoms with Crippen LogP contribution in [0.4, 0.5) is 0 Å². The molecule has 19 heavy (non-hydrogen) atoms. The first kappa shape index (κ1) is 14.3. The molecule has 0 bridgehead atoms. The predicted octanol–water partition coefficient (Wildman–Crippen LogP) is 1.32. The van der Waals surface area contributed by atoms with Crippen LogP contribution in [-0.4, -0.2) is 55.6 Å². The maximum Gasteiger partial charge on any atom is 0.122 e. The van der Waals surface area contributed by atoms with Crippen molar-refractivity contribution in [2.24, 2.45) is 0 Å². The molecule has 1 aromatic carbocycles. The Hall–Kier alpha value is -1.10. The van der Waals surface area contributed by atoms with Gasteiger partial charge < -0.3 is 14.6 Å². The van der Waals surface area contributed by atoms with E-state index in [-0.39, 0.29) is 6.10 Å². The molecule has 1 fully saturated rings. The molecule has 1 unspecified atom stereocenters. The van der Waals surface area contributed by atoms with Crippen molar-refractivity contribution >= 4 is 0 Å². The highest BCUT2D eigenvalue weighted by molar-refractivity contribution is 5.33. The zero-order chi connectivity index (χ0) is 13.5. The Kier molecular flexibility index (Phi) is 5.63. The van der Waals surface area contributed by atoms with Gasteiger partial charge in [0.15, 0.2) is 0 Å². The third kappa shape index (κ3) is 4.49. The number of nitrogens with zero attached hydrogens (tertiary/aromatic N) is 1. The number of para-hydroxylation sites is 1. The molecule has 0 spiro atoms. The second-order valence-electron chi connectivity index (χ2n) is 4.84. The minimum absolute atomic E-state index is 0.384. The largest absolute Gasteiger partial charge is 0.492 e. The molecular formula is C15H23NO3. The summed E-state index contributed by atoms with van der Waals surface area (Å²) < 4.78 is 11.1. The lowest BCUT2D eigenvalue weighted by Gasteiger charge is -2.21. The van der Waals surface area contributed by atoms with Crippen LogP contribution in [0.5, 0.6) is 5.75 Å². The molecule has 0 aliphatic carbocycles. The van der Waals surface area contributed by atoms with Gasteiger partial charge in [-0.25, -0.2) is 0 Å². The summed E-state index contributed by atoms with van der Waals surface area (Å²) in [4.78, 5) is 2.19. The van der Waals surface area contributed by atoms with Crippen molar-refractivity contribution in [3.8, 4) is 5.75 Å². The van der Waals surface area contributed by atoms with Crippen LogP contribution in [0, 0.1) is 0 Å². The van der Waals surface area contributed by atoms with Crippen LogP contribution in [0.1, 0.15) is 12.5 Å². The third-order valence-corrected chi connectivity index (χ3v) is 3.35. The molecule has 1 atom stereocenters. The maximum atomic E-state index is 9.65. The smallest absolute Gasteiger partial charge is 0.122 e. The quantitative estimate of drug-likeness (QED) is 0.872. The summed E-state index contributed by atoms with van der Waals surface area (Å²) >= 11 is 0. The summed E-state index contributed by atoms with van der Waals surface area (Å²) in [5.74, 6) is 0.969. The van der Waals surface area contributed by atoms with E-state index >= 15 is 0 Å². The first-order valence-corrected chi connectivity index (χ1v) is 6.98. The van der Waals surface area contributed by atoms with E-state index in [9.17, 15) is 5.11 Å². The number of rotatable bonds is 5. The Bertz CT molecular complexity index is 383. The number of hydrogen-bond acceptors (Lipinski definition) is 4. The van der Waals surface area contributed by atoms with Crippen LogP contribution in [0.3, 0.4) is 0 Å². The van der Waals surface area contributed by atoms with E-state index in [1.807, 2.05) is 18.2 Å². The van der Waals surface area contributed by atoms with Crippen LogP contribution < -0.4 is 4.74 Å². The number of benzene rings is 1. The van der Waals surface area contributed by atoms with Crippen molar-refractivity contribution in [3.05, 3.63) is 29.8 Å². The second kappa shape index (κ2) is 7.48. The van der Waals surface area contributed by atoms with Gasteiger partial charge in [-0.05, 0) is 18.1 Å². The molecule has 2 rings (SSSR count).